The Bertz CT molecular complexity index is 7620. The Morgan fingerprint density at radius 2 is 0.268 bits per heavy atom. The standard InChI is InChI=1S/C119H78O8/c120-83-49-27-72(28-50-83)98-65-100-93-15-3-8-20-105(93)116(77-37-53-85(122)54-38-77,74-31-33-75(34-32-74)117(78-39-55-86(123)56-40-78)107-22-10-5-17-95(107)102-70-114-104(68-112(102)117)97-19-7-12-24-109(97)119(114,81-45-61-89(126)62-46-81)82-47-63-90(127)64-48-82)110(100)66-99(98)92-14-2-1-13-91(92)71-25-29-73(30-26-71)115(76-35-51-84(121)52-36-76)106-21-9-4-16-94(106)101-69-113-103(67-111(101)115)96-18-6-11-23-108(96)118(113,79-41-57-87(124)58-42-79)80-43-59-88(125)60-44-80/h1-70,120-127H. The molecule has 8 N–H and O–H groups in total. The Hall–Kier alpha value is -16.4. The quantitative estimate of drug-likeness (QED) is 0.0566. The largest absolute Gasteiger partial charge is 0.508 e. The zero-order valence-corrected chi connectivity index (χ0v) is 68.5. The van der Waals surface area contributed by atoms with Crippen LogP contribution in [-0.2, 0) is 27.1 Å². The number of phenols is 8. The van der Waals surface area contributed by atoms with Gasteiger partial charge < -0.3 is 40.9 Å². The summed E-state index contributed by atoms with van der Waals surface area (Å²) in [4.78, 5) is 0. The van der Waals surface area contributed by atoms with Crippen LogP contribution in [0.4, 0.5) is 0 Å². The second-order valence-electron chi connectivity index (χ2n) is 34.4. The first-order chi connectivity index (χ1) is 62.2. The van der Waals surface area contributed by atoms with Crippen LogP contribution in [0, 0.1) is 0 Å². The highest BCUT2D eigenvalue weighted by molar-refractivity contribution is 6.01. The van der Waals surface area contributed by atoms with Crippen LogP contribution in [0.15, 0.2) is 425 Å². The highest BCUT2D eigenvalue weighted by Crippen LogP contribution is 2.67. The molecule has 5 aliphatic carbocycles. The second kappa shape index (κ2) is 27.8. The molecule has 3 atom stereocenters. The highest BCUT2D eigenvalue weighted by Gasteiger charge is 2.55. The molecule has 0 spiro atoms. The summed E-state index contributed by atoms with van der Waals surface area (Å²) in [7, 11) is 0. The van der Waals surface area contributed by atoms with Gasteiger partial charge >= 0.3 is 0 Å². The van der Waals surface area contributed by atoms with E-state index in [4.69, 9.17) is 0 Å². The summed E-state index contributed by atoms with van der Waals surface area (Å²) in [6, 6.07) is 145. The Balaban J connectivity index is 0.697. The van der Waals surface area contributed by atoms with Gasteiger partial charge in [0.25, 0.3) is 0 Å². The Morgan fingerprint density at radius 3 is 0.504 bits per heavy atom. The van der Waals surface area contributed by atoms with Crippen LogP contribution in [0.1, 0.15) is 111 Å². The van der Waals surface area contributed by atoms with Crippen LogP contribution in [0.3, 0.4) is 0 Å². The minimum absolute atomic E-state index is 0.139. The summed E-state index contributed by atoms with van der Waals surface area (Å²) in [5.74, 6) is 1.25. The van der Waals surface area contributed by atoms with Crippen molar-refractivity contribution in [3.05, 3.63) is 536 Å². The maximum atomic E-state index is 11.4. The summed E-state index contributed by atoms with van der Waals surface area (Å²) in [5.41, 5.74) is 32.2. The van der Waals surface area contributed by atoms with Gasteiger partial charge in [-0.15, -0.1) is 0 Å². The van der Waals surface area contributed by atoms with E-state index in [0.29, 0.717) is 0 Å². The summed E-state index contributed by atoms with van der Waals surface area (Å²) in [5, 5.41) is 88.7. The molecule has 19 aromatic carbocycles. The van der Waals surface area contributed by atoms with E-state index in [9.17, 15) is 40.9 Å². The van der Waals surface area contributed by atoms with E-state index in [1.54, 1.807) is 97.1 Å². The lowest BCUT2D eigenvalue weighted by molar-refractivity contribution is 0.473. The molecule has 19 aromatic rings. The molecule has 0 fully saturated rings. The van der Waals surface area contributed by atoms with Gasteiger partial charge in [-0.05, 0) is 334 Å². The molecule has 24 rings (SSSR count). The number of rotatable bonds is 13. The molecule has 0 heterocycles. The number of phenolic OH excluding ortho intramolecular Hbond substituents is 8. The third-order valence-corrected chi connectivity index (χ3v) is 28.5. The summed E-state index contributed by atoms with van der Waals surface area (Å²) >= 11 is 0. The second-order valence-corrected chi connectivity index (χ2v) is 34.4. The maximum absolute atomic E-state index is 11.4. The normalized spacial score (nSPS) is 16.8. The molecule has 0 saturated heterocycles. The van der Waals surface area contributed by atoms with Crippen LogP contribution in [-0.4, -0.2) is 40.9 Å². The topological polar surface area (TPSA) is 162 Å². The van der Waals surface area contributed by atoms with Gasteiger partial charge in [0.2, 0.25) is 0 Å². The Kier molecular flexibility index (Phi) is 16.3. The zero-order chi connectivity index (χ0) is 85.4. The fourth-order valence-electron chi connectivity index (χ4n) is 23.3. The summed E-state index contributed by atoms with van der Waals surface area (Å²) in [6.45, 7) is 0. The average molecular weight is 1640 g/mol. The summed E-state index contributed by atoms with van der Waals surface area (Å²) < 4.78 is 0. The first kappa shape index (κ1) is 74.4. The molecule has 0 radical (unpaired) electrons. The van der Waals surface area contributed by atoms with Crippen LogP contribution in [0.2, 0.25) is 0 Å². The molecule has 8 heteroatoms. The first-order valence-corrected chi connectivity index (χ1v) is 42.9. The van der Waals surface area contributed by atoms with Crippen LogP contribution < -0.4 is 0 Å². The summed E-state index contributed by atoms with van der Waals surface area (Å²) in [6.07, 6.45) is 0. The molecule has 0 saturated carbocycles. The maximum Gasteiger partial charge on any atom is 0.115 e. The number of hydrogen-bond acceptors (Lipinski definition) is 8. The fraction of sp³-hybridized carbons (Fsp3) is 0.0420. The van der Waals surface area contributed by atoms with E-state index in [-0.39, 0.29) is 46.0 Å². The lowest BCUT2D eigenvalue weighted by atomic mass is 9.64. The molecule has 0 amide bonds. The van der Waals surface area contributed by atoms with Gasteiger partial charge in [-0.1, -0.05) is 291 Å². The molecule has 0 bridgehead atoms. The number of fused-ring (bicyclic) bond motifs is 15. The predicted octanol–water partition coefficient (Wildman–Crippen LogP) is 26.1. The minimum Gasteiger partial charge on any atom is -0.508 e. The molecule has 5 aliphatic rings. The Labute approximate surface area is 734 Å². The fourth-order valence-corrected chi connectivity index (χ4v) is 23.3. The van der Waals surface area contributed by atoms with Gasteiger partial charge in [0.1, 0.15) is 46.0 Å². The lowest BCUT2D eigenvalue weighted by Crippen LogP contribution is -2.31. The molecule has 0 aromatic heterocycles. The van der Waals surface area contributed by atoms with E-state index in [0.717, 1.165) is 200 Å². The van der Waals surface area contributed by atoms with Crippen molar-refractivity contribution >= 4 is 0 Å². The Morgan fingerprint density at radius 1 is 0.110 bits per heavy atom. The van der Waals surface area contributed by atoms with Gasteiger partial charge in [-0.2, -0.15) is 0 Å². The highest BCUT2D eigenvalue weighted by atomic mass is 16.3. The number of benzene rings is 19. The number of hydrogen-bond donors (Lipinski definition) is 8. The van der Waals surface area contributed by atoms with Crippen molar-refractivity contribution in [1.29, 1.82) is 0 Å². The van der Waals surface area contributed by atoms with Crippen molar-refractivity contribution in [1.82, 2.24) is 0 Å². The van der Waals surface area contributed by atoms with Crippen molar-refractivity contribution in [3.63, 3.8) is 0 Å². The molecule has 8 nitrogen and oxygen atoms in total. The average Bonchev–Trinajstić information content (AvgIpc) is 1.51. The van der Waals surface area contributed by atoms with Gasteiger partial charge in [0.05, 0.1) is 27.1 Å². The SMILES string of the molecule is Oc1ccc(-c2cc3c(cc2-c2ccccc2-c2ccc(C4(c5ccc(O)cc5)c5ccccc5-c5cc6c(cc54)-c4ccccc4C6(c4ccc(O)cc4)c4ccc(O)cc4)cc2)C(c2ccc(O)cc2)(c2ccc(C4(c5ccc(O)cc5)c5ccccc5-c5cc6c(cc54)-c4ccccc4C6(c4ccc(O)cc4)c4ccc(O)cc4)cc2)c2ccccc2-3)cc1. The molecule has 0 aliphatic heterocycles. The van der Waals surface area contributed by atoms with E-state index in [1.807, 2.05) is 60.7 Å². The third-order valence-electron chi connectivity index (χ3n) is 28.5. The minimum atomic E-state index is -1.03. The molecule has 127 heavy (non-hydrogen) atoms. The van der Waals surface area contributed by atoms with E-state index >= 15 is 0 Å². The molecular weight excluding hydrogens is 1560 g/mol. The zero-order valence-electron chi connectivity index (χ0n) is 68.5. The van der Waals surface area contributed by atoms with Gasteiger partial charge in [-0.25, -0.2) is 0 Å². The van der Waals surface area contributed by atoms with Crippen LogP contribution >= 0.6 is 0 Å². The van der Waals surface area contributed by atoms with E-state index in [2.05, 4.69) is 267 Å². The van der Waals surface area contributed by atoms with E-state index in [1.165, 1.54) is 0 Å². The van der Waals surface area contributed by atoms with Gasteiger partial charge in [0.15, 0.2) is 0 Å². The van der Waals surface area contributed by atoms with Gasteiger partial charge in [-0.3, -0.25) is 0 Å². The lowest BCUT2D eigenvalue weighted by Gasteiger charge is -2.37. The van der Waals surface area contributed by atoms with Crippen molar-refractivity contribution in [2.45, 2.75) is 27.1 Å². The smallest absolute Gasteiger partial charge is 0.115 e. The van der Waals surface area contributed by atoms with Crippen molar-refractivity contribution in [2.75, 3.05) is 0 Å². The predicted molar refractivity (Wildman–Crippen MR) is 503 cm³/mol. The third kappa shape index (κ3) is 10.4. The van der Waals surface area contributed by atoms with Gasteiger partial charge in [0, 0.05) is 0 Å². The van der Waals surface area contributed by atoms with Crippen molar-refractivity contribution < 1.29 is 40.9 Å². The van der Waals surface area contributed by atoms with Crippen molar-refractivity contribution in [2.24, 2.45) is 0 Å². The first-order valence-electron chi connectivity index (χ1n) is 42.9. The van der Waals surface area contributed by atoms with Crippen LogP contribution in [0.25, 0.3) is 89.0 Å². The van der Waals surface area contributed by atoms with Crippen molar-refractivity contribution in [3.8, 4) is 135 Å². The van der Waals surface area contributed by atoms with E-state index < -0.39 is 27.1 Å². The number of aromatic hydroxyl groups is 8. The molecular formula is C119H78O8. The molecule has 602 valence electrons. The van der Waals surface area contributed by atoms with Crippen LogP contribution in [0.5, 0.6) is 46.0 Å². The monoisotopic (exact) mass is 1630 g/mol. The molecule has 3 unspecified atom stereocenters.